The smallest absolute Gasteiger partial charge is 0.744 e. The molecule has 0 aliphatic heterocycles. The Morgan fingerprint density at radius 3 is 0.571 bits per heavy atom. The van der Waals surface area contributed by atoms with Crippen LogP contribution in [-0.4, -0.2) is 114 Å². The zero-order chi connectivity index (χ0) is 75.9. The summed E-state index contributed by atoms with van der Waals surface area (Å²) in [4.78, 5) is 50.4. The van der Waals surface area contributed by atoms with Crippen LogP contribution in [0.3, 0.4) is 0 Å². The van der Waals surface area contributed by atoms with Crippen LogP contribution in [0.25, 0.3) is 0 Å². The van der Waals surface area contributed by atoms with E-state index in [9.17, 15) is 45.1 Å². The van der Waals surface area contributed by atoms with E-state index in [1.807, 2.05) is 0 Å². The Bertz CT molecular complexity index is 2610. The van der Waals surface area contributed by atoms with Gasteiger partial charge < -0.3 is 28.1 Å². The Balaban J connectivity index is 0.00000204. The van der Waals surface area contributed by atoms with Crippen LogP contribution in [0.2, 0.25) is 0 Å². The van der Waals surface area contributed by atoms with Gasteiger partial charge in [-0.15, -0.1) is 0 Å². The van der Waals surface area contributed by atoms with E-state index in [2.05, 4.69) is 76.3 Å². The summed E-state index contributed by atoms with van der Waals surface area (Å²) in [5, 5.41) is 0. The minimum atomic E-state index is -4.81. The molecule has 0 N–H and O–H groups in total. The first-order chi connectivity index (χ1) is 50.6. The number of esters is 4. The number of carbonyl (C=O) groups is 4. The van der Waals surface area contributed by atoms with Gasteiger partial charge in [0.05, 0.1) is 58.5 Å². The summed E-state index contributed by atoms with van der Waals surface area (Å²) in [5.74, 6) is -3.09. The van der Waals surface area contributed by atoms with Gasteiger partial charge in [-0.05, 0) is 141 Å². The number of unbranched alkanes of at least 4 members (excludes halogenated alkanes) is 52. The molecule has 0 amide bonds. The van der Waals surface area contributed by atoms with Crippen LogP contribution in [0.1, 0.15) is 429 Å². The second-order valence-corrected chi connectivity index (χ2v) is 31.4. The molecule has 0 radical (unpaired) electrons. The molecular formula is C88H146CaO14S2. The van der Waals surface area contributed by atoms with Crippen molar-refractivity contribution in [1.82, 2.24) is 0 Å². The SMILES string of the molecule is C/C=C/CCCCCCCCCCCCCCCOC(=O)c1ccc(S(=O)(=O)[O-])cc1C(=O)OCCCCCCCCCCCCCCC/C=C/C.C/C=C/CCCCCCCCCCCCCCCOC(=O)c1ccc(S(=O)(=O)[O-])cc1C(=O)OCCCCCCCCCCCCCCC/C=C/C.[Ca+2]. The second-order valence-electron chi connectivity index (χ2n) is 28.7. The summed E-state index contributed by atoms with van der Waals surface area (Å²) in [6.45, 7) is 9.05. The standard InChI is InChI=1S/2C44H74O7S.Ca/c2*1-3-5-7-9-11-13-15-17-19-21-23-25-27-29-31-33-37-50-43(45)41-36-35-40(52(47,48)49)39-42(41)44(46)51-38-34-32-30-28-26-24-22-20-18-16-14-12-10-8-6-4-2;/h2*3-6,35-36,39H,7-34,37-38H2,1-2H3,(H,47,48,49);/q;;+2/p-2/b2*5-3+,6-4+;. The summed E-state index contributed by atoms with van der Waals surface area (Å²) in [7, 11) is -9.63. The minimum Gasteiger partial charge on any atom is -0.744 e. The fourth-order valence-electron chi connectivity index (χ4n) is 12.9. The van der Waals surface area contributed by atoms with E-state index in [0.717, 1.165) is 101 Å². The van der Waals surface area contributed by atoms with Crippen molar-refractivity contribution in [1.29, 1.82) is 0 Å². The zero-order valence-electron chi connectivity index (χ0n) is 66.7. The molecule has 0 heterocycles. The van der Waals surface area contributed by atoms with Gasteiger partial charge in [0, 0.05) is 0 Å². The van der Waals surface area contributed by atoms with Gasteiger partial charge in [0.1, 0.15) is 20.2 Å². The molecule has 14 nitrogen and oxygen atoms in total. The van der Waals surface area contributed by atoms with Crippen LogP contribution >= 0.6 is 0 Å². The maximum atomic E-state index is 12.9. The molecule has 0 spiro atoms. The number of ether oxygens (including phenoxy) is 4. The molecule has 105 heavy (non-hydrogen) atoms. The molecule has 17 heteroatoms. The molecule has 0 fully saturated rings. The van der Waals surface area contributed by atoms with Crippen LogP contribution in [0.5, 0.6) is 0 Å². The zero-order valence-corrected chi connectivity index (χ0v) is 70.6. The Labute approximate surface area is 671 Å². The molecular weight excluding hydrogens is 1390 g/mol. The number of hydrogen-bond acceptors (Lipinski definition) is 14. The first kappa shape index (κ1) is 101. The number of allylic oxidation sites excluding steroid dienone is 8. The van der Waals surface area contributed by atoms with Gasteiger partial charge >= 0.3 is 61.6 Å². The number of carbonyl (C=O) groups excluding carboxylic acids is 4. The Kier molecular flexibility index (Phi) is 70.6. The molecule has 0 aromatic heterocycles. The maximum absolute atomic E-state index is 12.9. The molecule has 0 saturated carbocycles. The molecule has 0 atom stereocenters. The predicted octanol–water partition coefficient (Wildman–Crippen LogP) is 25.6. The first-order valence-electron chi connectivity index (χ1n) is 41.9. The molecule has 2 rings (SSSR count). The molecule has 596 valence electrons. The Morgan fingerprint density at radius 2 is 0.410 bits per heavy atom. The summed E-state index contributed by atoms with van der Waals surface area (Å²) in [6, 6.07) is 6.27. The average molecular weight is 1530 g/mol. The fraction of sp³-hybridized carbons (Fsp3) is 0.727. The molecule has 0 unspecified atom stereocenters. The van der Waals surface area contributed by atoms with Gasteiger partial charge in [0.2, 0.25) is 0 Å². The fourth-order valence-corrected chi connectivity index (χ4v) is 13.9. The molecule has 0 aliphatic rings. The Hall–Kier alpha value is -3.64. The largest absolute Gasteiger partial charge is 2.00 e. The second kappa shape index (κ2) is 73.2. The van der Waals surface area contributed by atoms with E-state index in [-0.39, 0.29) is 86.4 Å². The van der Waals surface area contributed by atoms with E-state index in [4.69, 9.17) is 18.9 Å². The maximum Gasteiger partial charge on any atom is 2.00 e. The van der Waals surface area contributed by atoms with Gasteiger partial charge in [-0.2, -0.15) is 0 Å². The van der Waals surface area contributed by atoms with Gasteiger partial charge in [-0.25, -0.2) is 36.0 Å². The monoisotopic (exact) mass is 1530 g/mol. The number of rotatable bonds is 70. The normalized spacial score (nSPS) is 11.8. The topological polar surface area (TPSA) is 220 Å². The van der Waals surface area contributed by atoms with E-state index in [1.54, 1.807) is 0 Å². The van der Waals surface area contributed by atoms with Crippen molar-refractivity contribution in [2.45, 2.75) is 397 Å². The van der Waals surface area contributed by atoms with Gasteiger partial charge in [-0.3, -0.25) is 0 Å². The van der Waals surface area contributed by atoms with Crippen LogP contribution < -0.4 is 0 Å². The van der Waals surface area contributed by atoms with Crippen molar-refractivity contribution in [3.63, 3.8) is 0 Å². The predicted molar refractivity (Wildman–Crippen MR) is 434 cm³/mol. The van der Waals surface area contributed by atoms with Crippen LogP contribution in [0.15, 0.2) is 94.8 Å². The van der Waals surface area contributed by atoms with Crippen LogP contribution in [0.4, 0.5) is 0 Å². The van der Waals surface area contributed by atoms with E-state index in [0.29, 0.717) is 25.7 Å². The van der Waals surface area contributed by atoms with Crippen molar-refractivity contribution in [2.75, 3.05) is 26.4 Å². The van der Waals surface area contributed by atoms with E-state index in [1.165, 1.54) is 269 Å². The summed E-state index contributed by atoms with van der Waals surface area (Å²) < 4.78 is 91.4. The van der Waals surface area contributed by atoms with Crippen molar-refractivity contribution in [3.8, 4) is 0 Å². The van der Waals surface area contributed by atoms with Gasteiger partial charge in [0.25, 0.3) is 0 Å². The van der Waals surface area contributed by atoms with Crippen LogP contribution in [-0.2, 0) is 39.2 Å². The average Bonchev–Trinajstić information content (AvgIpc) is 0.816. The van der Waals surface area contributed by atoms with Crippen molar-refractivity contribution in [3.05, 3.63) is 107 Å². The molecule has 0 aliphatic carbocycles. The van der Waals surface area contributed by atoms with Crippen LogP contribution in [0, 0.1) is 0 Å². The number of hydrogen-bond donors (Lipinski definition) is 0. The quantitative estimate of drug-likeness (QED) is 0.0150. The van der Waals surface area contributed by atoms with Crippen molar-refractivity contribution < 1.29 is 64.1 Å². The molecule has 0 saturated heterocycles. The molecule has 0 bridgehead atoms. The van der Waals surface area contributed by atoms with Crippen molar-refractivity contribution in [2.24, 2.45) is 0 Å². The summed E-state index contributed by atoms with van der Waals surface area (Å²) in [6.07, 6.45) is 84.7. The minimum absolute atomic E-state index is 0. The number of benzene rings is 2. The third-order valence-electron chi connectivity index (χ3n) is 19.4. The van der Waals surface area contributed by atoms with E-state index >= 15 is 0 Å². The third kappa shape index (κ3) is 60.8. The third-order valence-corrected chi connectivity index (χ3v) is 21.0. The molecule has 2 aromatic rings. The van der Waals surface area contributed by atoms with Gasteiger partial charge in [-0.1, -0.05) is 331 Å². The van der Waals surface area contributed by atoms with Gasteiger partial charge in [0.15, 0.2) is 0 Å². The Morgan fingerprint density at radius 1 is 0.257 bits per heavy atom. The van der Waals surface area contributed by atoms with E-state index < -0.39 is 53.9 Å². The van der Waals surface area contributed by atoms with Crippen molar-refractivity contribution >= 4 is 81.9 Å². The summed E-state index contributed by atoms with van der Waals surface area (Å²) >= 11 is 0. The molecule has 2 aromatic carbocycles. The summed E-state index contributed by atoms with van der Waals surface area (Å²) in [5.41, 5.74) is -0.675. The first-order valence-corrected chi connectivity index (χ1v) is 44.8.